The molecule has 0 atom stereocenters. The summed E-state index contributed by atoms with van der Waals surface area (Å²) >= 11 is -0.169. The fourth-order valence-electron chi connectivity index (χ4n) is 1.49. The zero-order valence-electron chi connectivity index (χ0n) is 8.37. The number of ketones is 1. The third-order valence-electron chi connectivity index (χ3n) is 2.22. The van der Waals surface area contributed by atoms with Gasteiger partial charge in [0.1, 0.15) is 0 Å². The van der Waals surface area contributed by atoms with Crippen molar-refractivity contribution in [2.75, 3.05) is 0 Å². The fourth-order valence-corrected chi connectivity index (χ4v) is 3.12. The minimum absolute atomic E-state index is 0.0672. The van der Waals surface area contributed by atoms with Crippen molar-refractivity contribution < 1.29 is 4.79 Å². The van der Waals surface area contributed by atoms with Gasteiger partial charge in [-0.05, 0) is 0 Å². The van der Waals surface area contributed by atoms with Crippen LogP contribution in [0.1, 0.15) is 30.1 Å². The predicted octanol–water partition coefficient (Wildman–Crippen LogP) is 1.57. The molecule has 0 aliphatic rings. The van der Waals surface area contributed by atoms with Crippen LogP contribution >= 0.6 is 0 Å². The van der Waals surface area contributed by atoms with Gasteiger partial charge in [0, 0.05) is 0 Å². The third-order valence-corrected chi connectivity index (χ3v) is 3.99. The number of hydrogen-bond acceptors (Lipinski definition) is 2. The summed E-state index contributed by atoms with van der Waals surface area (Å²) in [5.41, 5.74) is 1.60. The van der Waals surface area contributed by atoms with Crippen LogP contribution in [0, 0.1) is 0 Å². The fraction of sp³-hybridized carbons (Fsp3) is 0.273. The van der Waals surface area contributed by atoms with Crippen molar-refractivity contribution in [2.45, 2.75) is 19.8 Å². The number of nitrogens with one attached hydrogen (secondary N) is 1. The number of aromatic amines is 1. The van der Waals surface area contributed by atoms with Gasteiger partial charge in [0.15, 0.2) is 0 Å². The Morgan fingerprint density at radius 1 is 1.47 bits per heavy atom. The first-order chi connectivity index (χ1) is 7.20. The Balaban J connectivity index is 2.46. The van der Waals surface area contributed by atoms with Crippen molar-refractivity contribution in [1.82, 2.24) is 4.98 Å². The summed E-state index contributed by atoms with van der Waals surface area (Å²) in [6.45, 7) is 1.99. The molecule has 2 aromatic rings. The molecule has 0 spiro atoms. The molecule has 0 bridgehead atoms. The SMILES string of the molecule is CCCC(=O)c1ccc2[nH]c(=O)[se]c2c1. The number of Topliss-reactive ketones (excluding diaryl/α,β-unsaturated/α-hetero) is 1. The molecule has 2 rings (SSSR count). The Labute approximate surface area is 92.9 Å². The van der Waals surface area contributed by atoms with Gasteiger partial charge in [-0.1, -0.05) is 0 Å². The van der Waals surface area contributed by atoms with Crippen LogP contribution in [0.4, 0.5) is 0 Å². The third kappa shape index (κ3) is 2.11. The number of aromatic nitrogens is 1. The molecular weight excluding hydrogens is 257 g/mol. The van der Waals surface area contributed by atoms with Gasteiger partial charge < -0.3 is 0 Å². The number of fused-ring (bicyclic) bond motifs is 1. The number of carbonyl (C=O) groups is 1. The first-order valence-corrected chi connectivity index (χ1v) is 6.58. The Morgan fingerprint density at radius 2 is 2.27 bits per heavy atom. The van der Waals surface area contributed by atoms with E-state index in [-0.39, 0.29) is 24.7 Å². The second kappa shape index (κ2) is 4.17. The first-order valence-electron chi connectivity index (χ1n) is 4.87. The number of hydrogen-bond donors (Lipinski definition) is 1. The van der Waals surface area contributed by atoms with Crippen LogP contribution in [0.2, 0.25) is 0 Å². The predicted molar refractivity (Wildman–Crippen MR) is 60.7 cm³/mol. The zero-order chi connectivity index (χ0) is 10.8. The van der Waals surface area contributed by atoms with Crippen molar-refractivity contribution in [3.63, 3.8) is 0 Å². The van der Waals surface area contributed by atoms with Crippen LogP contribution in [0.5, 0.6) is 0 Å². The first kappa shape index (κ1) is 10.4. The molecule has 3 nitrogen and oxygen atoms in total. The van der Waals surface area contributed by atoms with E-state index >= 15 is 0 Å². The van der Waals surface area contributed by atoms with E-state index in [0.717, 1.165) is 21.8 Å². The van der Waals surface area contributed by atoms with E-state index in [9.17, 15) is 9.59 Å². The Hall–Kier alpha value is -1.12. The maximum absolute atomic E-state index is 11.6. The minimum atomic E-state index is -0.169. The molecule has 1 N–H and O–H groups in total. The molecule has 15 heavy (non-hydrogen) atoms. The molecule has 0 amide bonds. The van der Waals surface area contributed by atoms with Gasteiger partial charge in [0.05, 0.1) is 0 Å². The maximum atomic E-state index is 11.6. The van der Waals surface area contributed by atoms with Gasteiger partial charge in [-0.2, -0.15) is 0 Å². The van der Waals surface area contributed by atoms with E-state index in [0.29, 0.717) is 6.42 Å². The Morgan fingerprint density at radius 3 is 3.00 bits per heavy atom. The van der Waals surface area contributed by atoms with E-state index in [1.54, 1.807) is 6.07 Å². The van der Waals surface area contributed by atoms with Crippen molar-refractivity contribution in [3.8, 4) is 0 Å². The average molecular weight is 268 g/mol. The van der Waals surface area contributed by atoms with E-state index in [1.807, 2.05) is 19.1 Å². The summed E-state index contributed by atoms with van der Waals surface area (Å²) in [5.74, 6) is 0.162. The van der Waals surface area contributed by atoms with Gasteiger partial charge in [-0.25, -0.2) is 0 Å². The molecule has 1 heterocycles. The molecule has 0 aliphatic heterocycles. The molecule has 78 valence electrons. The summed E-state index contributed by atoms with van der Waals surface area (Å²) < 4.78 is 1.06. The molecule has 1 aromatic carbocycles. The van der Waals surface area contributed by atoms with Gasteiger partial charge >= 0.3 is 92.6 Å². The van der Waals surface area contributed by atoms with Crippen molar-refractivity contribution in [1.29, 1.82) is 0 Å². The van der Waals surface area contributed by atoms with Crippen LogP contribution in [0.3, 0.4) is 0 Å². The molecule has 0 unspecified atom stereocenters. The summed E-state index contributed by atoms with van der Waals surface area (Å²) in [7, 11) is 0. The summed E-state index contributed by atoms with van der Waals surface area (Å²) in [5, 5.41) is 0. The number of carbonyl (C=O) groups excluding carboxylic acids is 1. The van der Waals surface area contributed by atoms with Crippen molar-refractivity contribution in [3.05, 3.63) is 33.0 Å². The van der Waals surface area contributed by atoms with Crippen molar-refractivity contribution in [2.24, 2.45) is 0 Å². The molecular formula is C11H11NO2Se. The number of H-pyrrole nitrogens is 1. The molecule has 1 aromatic heterocycles. The Bertz CT molecular complexity index is 553. The number of benzene rings is 1. The zero-order valence-corrected chi connectivity index (χ0v) is 10.1. The second-order valence-electron chi connectivity index (χ2n) is 3.40. The van der Waals surface area contributed by atoms with E-state index < -0.39 is 0 Å². The van der Waals surface area contributed by atoms with Gasteiger partial charge in [-0.15, -0.1) is 0 Å². The average Bonchev–Trinajstić information content (AvgIpc) is 2.57. The quantitative estimate of drug-likeness (QED) is 0.678. The normalized spacial score (nSPS) is 10.7. The van der Waals surface area contributed by atoms with Crippen molar-refractivity contribution >= 4 is 30.1 Å². The summed E-state index contributed by atoms with van der Waals surface area (Å²) in [6, 6.07) is 5.47. The molecule has 0 saturated carbocycles. The summed E-state index contributed by atoms with van der Waals surface area (Å²) in [4.78, 5) is 25.5. The van der Waals surface area contributed by atoms with Gasteiger partial charge in [0.25, 0.3) is 0 Å². The molecule has 4 heteroatoms. The molecule has 0 radical (unpaired) electrons. The van der Waals surface area contributed by atoms with Crippen LogP contribution in [-0.2, 0) is 0 Å². The number of rotatable bonds is 3. The molecule has 0 aliphatic carbocycles. The standard InChI is InChI=1S/C11H11NO2Se/c1-2-3-9(13)7-4-5-8-10(6-7)15-11(14)12-8/h4-6H,2-3H2,1H3,(H,12,14). The molecule has 0 saturated heterocycles. The second-order valence-corrected chi connectivity index (χ2v) is 5.53. The monoisotopic (exact) mass is 269 g/mol. The van der Waals surface area contributed by atoms with Crippen LogP contribution in [0.15, 0.2) is 23.0 Å². The van der Waals surface area contributed by atoms with Gasteiger partial charge in [0.2, 0.25) is 0 Å². The van der Waals surface area contributed by atoms with E-state index in [1.165, 1.54) is 0 Å². The van der Waals surface area contributed by atoms with Crippen LogP contribution < -0.4 is 4.43 Å². The molecule has 0 fully saturated rings. The summed E-state index contributed by atoms with van der Waals surface area (Å²) in [6.07, 6.45) is 1.44. The van der Waals surface area contributed by atoms with E-state index in [2.05, 4.69) is 4.98 Å². The van der Waals surface area contributed by atoms with Gasteiger partial charge in [-0.3, -0.25) is 0 Å². The topological polar surface area (TPSA) is 49.9 Å². The van der Waals surface area contributed by atoms with Crippen LogP contribution in [-0.4, -0.2) is 25.3 Å². The van der Waals surface area contributed by atoms with Crippen LogP contribution in [0.25, 0.3) is 9.78 Å². The van der Waals surface area contributed by atoms with E-state index in [4.69, 9.17) is 0 Å². The Kier molecular flexibility index (Phi) is 2.89.